The molecule has 0 fully saturated rings. The van der Waals surface area contributed by atoms with Crippen LogP contribution in [0.15, 0.2) is 24.5 Å². The molecule has 16 heavy (non-hydrogen) atoms. The monoisotopic (exact) mass is 212 g/mol. The SMILES string of the molecule is Cc1ccc(-n2nccn2)c(C(=O)O)n1.[H-].[Li+]. The van der Waals surface area contributed by atoms with Crippen molar-refractivity contribution in [3.63, 3.8) is 0 Å². The predicted octanol–water partition coefficient (Wildman–Crippen LogP) is -2.21. The van der Waals surface area contributed by atoms with E-state index < -0.39 is 5.97 Å². The largest absolute Gasteiger partial charge is 1.00 e. The second kappa shape index (κ2) is 4.92. The van der Waals surface area contributed by atoms with Gasteiger partial charge in [0.05, 0.1) is 12.4 Å². The maximum absolute atomic E-state index is 10.9. The summed E-state index contributed by atoms with van der Waals surface area (Å²) in [4.78, 5) is 16.1. The summed E-state index contributed by atoms with van der Waals surface area (Å²) in [6, 6.07) is 3.34. The molecule has 0 saturated carbocycles. The van der Waals surface area contributed by atoms with E-state index in [9.17, 15) is 4.79 Å². The van der Waals surface area contributed by atoms with Gasteiger partial charge in [-0.25, -0.2) is 9.78 Å². The fourth-order valence-electron chi connectivity index (χ4n) is 1.21. The van der Waals surface area contributed by atoms with Crippen LogP contribution in [0.25, 0.3) is 5.69 Å². The van der Waals surface area contributed by atoms with Gasteiger partial charge in [-0.05, 0) is 19.1 Å². The number of nitrogens with zero attached hydrogens (tertiary/aromatic N) is 4. The Labute approximate surface area is 105 Å². The molecule has 0 aliphatic rings. The Hall–Kier alpha value is -1.64. The Bertz CT molecular complexity index is 504. The number of hydrogen-bond donors (Lipinski definition) is 1. The maximum Gasteiger partial charge on any atom is 1.00 e. The summed E-state index contributed by atoms with van der Waals surface area (Å²) >= 11 is 0. The fourth-order valence-corrected chi connectivity index (χ4v) is 1.21. The van der Waals surface area contributed by atoms with Crippen LogP contribution < -0.4 is 18.9 Å². The molecule has 0 aliphatic carbocycles. The minimum atomic E-state index is -1.09. The van der Waals surface area contributed by atoms with Gasteiger partial charge < -0.3 is 6.53 Å². The number of aromatic nitrogens is 4. The first-order chi connectivity index (χ1) is 7.18. The standard InChI is InChI=1S/C9H8N4O2.Li.H/c1-6-2-3-7(8(12-6)9(14)15)13-10-4-5-11-13;;/h2-5H,1H3,(H,14,15);;/q;+1;-1. The molecule has 6 nitrogen and oxygen atoms in total. The summed E-state index contributed by atoms with van der Waals surface area (Å²) in [5.74, 6) is -1.09. The minimum Gasteiger partial charge on any atom is -1.00 e. The molecule has 2 rings (SSSR count). The quantitative estimate of drug-likeness (QED) is 0.570. The Morgan fingerprint density at radius 1 is 1.38 bits per heavy atom. The minimum absolute atomic E-state index is 0. The zero-order chi connectivity index (χ0) is 10.8. The zero-order valence-corrected chi connectivity index (χ0v) is 8.95. The molecule has 2 aromatic heterocycles. The summed E-state index contributed by atoms with van der Waals surface area (Å²) in [6.45, 7) is 1.73. The van der Waals surface area contributed by atoms with E-state index in [0.717, 1.165) is 0 Å². The number of carbonyl (C=O) groups is 1. The van der Waals surface area contributed by atoms with Crippen molar-refractivity contribution in [1.29, 1.82) is 0 Å². The molecule has 2 heterocycles. The van der Waals surface area contributed by atoms with E-state index in [1.165, 1.54) is 17.2 Å². The van der Waals surface area contributed by atoms with E-state index in [2.05, 4.69) is 15.2 Å². The van der Waals surface area contributed by atoms with Crippen molar-refractivity contribution < 1.29 is 30.2 Å². The first kappa shape index (κ1) is 12.4. The summed E-state index contributed by atoms with van der Waals surface area (Å²) in [5.41, 5.74) is 0.951. The van der Waals surface area contributed by atoms with Crippen molar-refractivity contribution in [3.8, 4) is 5.69 Å². The van der Waals surface area contributed by atoms with Gasteiger partial charge >= 0.3 is 24.8 Å². The molecular formula is C9H9LiN4O2. The van der Waals surface area contributed by atoms with Gasteiger partial charge in [-0.15, -0.1) is 4.80 Å². The average Bonchev–Trinajstić information content (AvgIpc) is 2.70. The van der Waals surface area contributed by atoms with E-state index >= 15 is 0 Å². The van der Waals surface area contributed by atoms with Crippen LogP contribution in [0, 0.1) is 6.92 Å². The van der Waals surface area contributed by atoms with Crippen molar-refractivity contribution in [3.05, 3.63) is 35.9 Å². The second-order valence-corrected chi connectivity index (χ2v) is 2.94. The molecule has 7 heteroatoms. The Morgan fingerprint density at radius 2 is 2.00 bits per heavy atom. The van der Waals surface area contributed by atoms with Crippen molar-refractivity contribution in [2.75, 3.05) is 0 Å². The molecular weight excluding hydrogens is 203 g/mol. The number of aromatic carboxylic acids is 1. The van der Waals surface area contributed by atoms with Gasteiger partial charge in [-0.2, -0.15) is 10.2 Å². The Morgan fingerprint density at radius 3 is 2.56 bits per heavy atom. The Kier molecular flexibility index (Phi) is 3.82. The molecule has 0 atom stereocenters. The molecule has 0 saturated heterocycles. The van der Waals surface area contributed by atoms with Crippen LogP contribution in [-0.4, -0.2) is 31.1 Å². The molecule has 2 aromatic rings. The molecule has 0 aromatic carbocycles. The first-order valence-electron chi connectivity index (χ1n) is 4.26. The predicted molar refractivity (Wildman–Crippen MR) is 52.0 cm³/mol. The fraction of sp³-hybridized carbons (Fsp3) is 0.111. The smallest absolute Gasteiger partial charge is 1.00 e. The number of pyridine rings is 1. The van der Waals surface area contributed by atoms with Gasteiger partial charge in [-0.3, -0.25) is 0 Å². The third kappa shape index (κ3) is 2.29. The van der Waals surface area contributed by atoms with Crippen LogP contribution >= 0.6 is 0 Å². The third-order valence-corrected chi connectivity index (χ3v) is 1.85. The summed E-state index contributed by atoms with van der Waals surface area (Å²) in [7, 11) is 0. The van der Waals surface area contributed by atoms with Gasteiger partial charge in [-0.1, -0.05) is 0 Å². The summed E-state index contributed by atoms with van der Waals surface area (Å²) in [6.07, 6.45) is 2.96. The van der Waals surface area contributed by atoms with Crippen LogP contribution in [0.4, 0.5) is 0 Å². The maximum atomic E-state index is 10.9. The first-order valence-corrected chi connectivity index (χ1v) is 4.26. The molecule has 0 unspecified atom stereocenters. The van der Waals surface area contributed by atoms with Crippen molar-refractivity contribution in [1.82, 2.24) is 20.0 Å². The summed E-state index contributed by atoms with van der Waals surface area (Å²) in [5, 5.41) is 16.7. The van der Waals surface area contributed by atoms with Gasteiger partial charge in [0.15, 0.2) is 5.69 Å². The molecule has 0 radical (unpaired) electrons. The number of carboxylic acid groups (broad SMARTS) is 1. The van der Waals surface area contributed by atoms with E-state index in [1.807, 2.05) is 0 Å². The molecule has 78 valence electrons. The number of carboxylic acids is 1. The van der Waals surface area contributed by atoms with Crippen LogP contribution in [0.5, 0.6) is 0 Å². The molecule has 0 aliphatic heterocycles. The van der Waals surface area contributed by atoms with E-state index in [-0.39, 0.29) is 26.0 Å². The number of hydrogen-bond acceptors (Lipinski definition) is 4. The van der Waals surface area contributed by atoms with Crippen LogP contribution in [0.1, 0.15) is 17.6 Å². The van der Waals surface area contributed by atoms with E-state index in [0.29, 0.717) is 11.4 Å². The van der Waals surface area contributed by atoms with Crippen LogP contribution in [0.2, 0.25) is 0 Å². The normalized spacial score (nSPS) is 9.56. The van der Waals surface area contributed by atoms with Gasteiger partial charge in [0.25, 0.3) is 0 Å². The molecule has 0 bridgehead atoms. The van der Waals surface area contributed by atoms with Crippen molar-refractivity contribution >= 4 is 5.97 Å². The topological polar surface area (TPSA) is 80.9 Å². The number of aryl methyl sites for hydroxylation is 1. The average molecular weight is 212 g/mol. The zero-order valence-electron chi connectivity index (χ0n) is 9.95. The van der Waals surface area contributed by atoms with Crippen molar-refractivity contribution in [2.24, 2.45) is 0 Å². The van der Waals surface area contributed by atoms with Crippen molar-refractivity contribution in [2.45, 2.75) is 6.92 Å². The third-order valence-electron chi connectivity index (χ3n) is 1.85. The van der Waals surface area contributed by atoms with Gasteiger partial charge in [0.1, 0.15) is 5.69 Å². The van der Waals surface area contributed by atoms with Gasteiger partial charge in [0, 0.05) is 5.69 Å². The van der Waals surface area contributed by atoms with E-state index in [1.54, 1.807) is 19.1 Å². The van der Waals surface area contributed by atoms with Crippen LogP contribution in [0.3, 0.4) is 0 Å². The molecule has 1 N–H and O–H groups in total. The second-order valence-electron chi connectivity index (χ2n) is 2.94. The van der Waals surface area contributed by atoms with E-state index in [4.69, 9.17) is 5.11 Å². The summed E-state index contributed by atoms with van der Waals surface area (Å²) < 4.78 is 0. The number of rotatable bonds is 2. The molecule has 0 spiro atoms. The van der Waals surface area contributed by atoms with Crippen LogP contribution in [-0.2, 0) is 0 Å². The Balaban J connectivity index is 0.00000128. The molecule has 0 amide bonds. The van der Waals surface area contributed by atoms with Gasteiger partial charge in [0.2, 0.25) is 0 Å².